The van der Waals surface area contributed by atoms with Crippen LogP contribution in [0.1, 0.15) is 23.7 Å². The summed E-state index contributed by atoms with van der Waals surface area (Å²) >= 11 is 0. The average molecular weight is 416 g/mol. The molecule has 0 aliphatic carbocycles. The molecule has 156 valence electrons. The van der Waals surface area contributed by atoms with Crippen molar-refractivity contribution in [3.05, 3.63) is 48.5 Å². The van der Waals surface area contributed by atoms with Gasteiger partial charge in [-0.05, 0) is 25.1 Å². The Morgan fingerprint density at radius 3 is 2.73 bits per heavy atom. The van der Waals surface area contributed by atoms with Gasteiger partial charge in [-0.25, -0.2) is 4.98 Å². The first-order valence-electron chi connectivity index (χ1n) is 8.83. The number of hydrogen-bond acceptors (Lipinski definition) is 6. The number of H-pyrrole nitrogens is 1. The highest BCUT2D eigenvalue weighted by Gasteiger charge is 2.09. The summed E-state index contributed by atoms with van der Waals surface area (Å²) in [6, 6.07) is 4.61. The van der Waals surface area contributed by atoms with Crippen molar-refractivity contribution in [3.8, 4) is 5.75 Å². The molecule has 4 rings (SSSR count). The summed E-state index contributed by atoms with van der Waals surface area (Å²) in [6.45, 7) is -0.844. The number of aromatic nitrogens is 5. The van der Waals surface area contributed by atoms with E-state index in [9.17, 15) is 18.4 Å². The lowest BCUT2D eigenvalue weighted by molar-refractivity contribution is -0.117. The van der Waals surface area contributed by atoms with Gasteiger partial charge in [0.15, 0.2) is 5.65 Å². The second-order valence-electron chi connectivity index (χ2n) is 6.24. The van der Waals surface area contributed by atoms with E-state index in [4.69, 9.17) is 5.73 Å². The first kappa shape index (κ1) is 20.8. The number of aromatic amines is 1. The van der Waals surface area contributed by atoms with Crippen molar-refractivity contribution < 1.29 is 23.1 Å². The summed E-state index contributed by atoms with van der Waals surface area (Å²) in [5, 5.41) is 4.81. The van der Waals surface area contributed by atoms with Crippen LogP contribution in [0.3, 0.4) is 0 Å². The molecule has 0 aliphatic heterocycles. The number of ketones is 1. The Morgan fingerprint density at radius 2 is 2.03 bits per heavy atom. The monoisotopic (exact) mass is 416 g/mol. The second kappa shape index (κ2) is 9.07. The molecule has 3 N–H and O–H groups in total. The number of halogens is 2. The summed E-state index contributed by atoms with van der Waals surface area (Å²) in [4.78, 5) is 32.4. The third kappa shape index (κ3) is 4.93. The van der Waals surface area contributed by atoms with Gasteiger partial charge < -0.3 is 15.5 Å². The van der Waals surface area contributed by atoms with Gasteiger partial charge >= 0.3 is 6.61 Å². The number of ether oxygens (including phenoxy) is 1. The maximum Gasteiger partial charge on any atom is 0.387 e. The maximum absolute atomic E-state index is 12.1. The molecular weight excluding hydrogens is 398 g/mol. The van der Waals surface area contributed by atoms with Crippen LogP contribution < -0.4 is 10.5 Å². The molecule has 0 aliphatic rings. The van der Waals surface area contributed by atoms with E-state index >= 15 is 0 Å². The van der Waals surface area contributed by atoms with Gasteiger partial charge in [-0.1, -0.05) is 0 Å². The molecule has 1 amide bonds. The van der Waals surface area contributed by atoms with Gasteiger partial charge in [0.05, 0.1) is 17.3 Å². The Hall–Kier alpha value is -3.89. The number of aryl methyl sites for hydroxylation is 1. The van der Waals surface area contributed by atoms with Crippen molar-refractivity contribution in [2.24, 2.45) is 5.73 Å². The Bertz CT molecular complexity index is 1190. The van der Waals surface area contributed by atoms with Gasteiger partial charge in [0, 0.05) is 36.9 Å². The molecule has 4 aromatic rings. The fourth-order valence-corrected chi connectivity index (χ4v) is 2.72. The van der Waals surface area contributed by atoms with Crippen molar-refractivity contribution in [2.75, 3.05) is 0 Å². The van der Waals surface area contributed by atoms with Crippen LogP contribution in [0.25, 0.3) is 22.1 Å². The van der Waals surface area contributed by atoms with Crippen molar-refractivity contribution >= 4 is 33.8 Å². The number of benzene rings is 1. The van der Waals surface area contributed by atoms with Crippen molar-refractivity contribution in [2.45, 2.75) is 26.5 Å². The van der Waals surface area contributed by atoms with Crippen LogP contribution in [0, 0.1) is 0 Å². The van der Waals surface area contributed by atoms with E-state index in [1.807, 2.05) is 0 Å². The first-order valence-corrected chi connectivity index (χ1v) is 8.83. The lowest BCUT2D eigenvalue weighted by atomic mass is 10.2. The average Bonchev–Trinajstić information content (AvgIpc) is 3.30. The topological polar surface area (TPSA) is 129 Å². The third-order valence-corrected chi connectivity index (χ3v) is 4.09. The number of hydrogen-bond donors (Lipinski definition) is 2. The predicted octanol–water partition coefficient (Wildman–Crippen LogP) is 2.67. The van der Waals surface area contributed by atoms with E-state index in [2.05, 4.69) is 24.8 Å². The molecule has 0 spiro atoms. The SMILES string of the molecule is CC(=O)CCn1ncc2cc(OC(F)F)ccc21.NC(=O)c1c[nH]c2nccnc12. The number of rotatable bonds is 6. The van der Waals surface area contributed by atoms with Crippen LogP contribution in [-0.4, -0.2) is 43.0 Å². The van der Waals surface area contributed by atoms with Crippen molar-refractivity contribution in [1.82, 2.24) is 24.7 Å². The second-order valence-corrected chi connectivity index (χ2v) is 6.24. The van der Waals surface area contributed by atoms with Crippen LogP contribution in [-0.2, 0) is 11.3 Å². The molecule has 0 unspecified atom stereocenters. The molecule has 0 atom stereocenters. The highest BCUT2D eigenvalue weighted by Crippen LogP contribution is 2.22. The minimum absolute atomic E-state index is 0.0799. The van der Waals surface area contributed by atoms with E-state index in [0.29, 0.717) is 35.1 Å². The molecular formula is C19H18F2N6O3. The Kier molecular flexibility index (Phi) is 6.30. The van der Waals surface area contributed by atoms with Crippen molar-refractivity contribution in [3.63, 3.8) is 0 Å². The third-order valence-electron chi connectivity index (χ3n) is 4.09. The summed E-state index contributed by atoms with van der Waals surface area (Å²) in [5.74, 6) is -0.318. The molecule has 1 aromatic carbocycles. The van der Waals surface area contributed by atoms with Crippen LogP contribution in [0.4, 0.5) is 8.78 Å². The molecule has 0 bridgehead atoms. The van der Waals surface area contributed by atoms with Crippen LogP contribution in [0.2, 0.25) is 0 Å². The van der Waals surface area contributed by atoms with E-state index < -0.39 is 12.5 Å². The summed E-state index contributed by atoms with van der Waals surface area (Å²) < 4.78 is 30.1. The maximum atomic E-state index is 12.1. The fourth-order valence-electron chi connectivity index (χ4n) is 2.72. The predicted molar refractivity (Wildman–Crippen MR) is 104 cm³/mol. The summed E-state index contributed by atoms with van der Waals surface area (Å²) in [6.07, 6.45) is 6.53. The lowest BCUT2D eigenvalue weighted by Crippen LogP contribution is -2.10. The first-order chi connectivity index (χ1) is 14.3. The molecule has 11 heteroatoms. The fraction of sp³-hybridized carbons (Fsp3) is 0.211. The summed E-state index contributed by atoms with van der Waals surface area (Å²) in [7, 11) is 0. The van der Waals surface area contributed by atoms with Crippen LogP contribution in [0.15, 0.2) is 43.0 Å². The Labute approximate surface area is 168 Å². The minimum atomic E-state index is -2.84. The van der Waals surface area contributed by atoms with Gasteiger partial charge in [0.25, 0.3) is 5.91 Å². The van der Waals surface area contributed by atoms with Gasteiger partial charge in [-0.15, -0.1) is 0 Å². The number of carbonyl (C=O) groups is 2. The van der Waals surface area contributed by atoms with E-state index in [1.165, 1.54) is 31.5 Å². The van der Waals surface area contributed by atoms with E-state index in [1.54, 1.807) is 23.1 Å². The smallest absolute Gasteiger partial charge is 0.387 e. The molecule has 0 saturated heterocycles. The Morgan fingerprint density at radius 1 is 1.27 bits per heavy atom. The quantitative estimate of drug-likeness (QED) is 0.497. The molecule has 3 heterocycles. The number of nitrogens with one attached hydrogen (secondary N) is 1. The molecule has 0 fully saturated rings. The highest BCUT2D eigenvalue weighted by molar-refractivity contribution is 6.03. The normalized spacial score (nSPS) is 10.8. The van der Waals surface area contributed by atoms with E-state index in [-0.39, 0.29) is 11.5 Å². The number of carbonyl (C=O) groups excluding carboxylic acids is 2. The molecule has 30 heavy (non-hydrogen) atoms. The number of Topliss-reactive ketones (excluding diaryl/α,β-unsaturated/α-hetero) is 1. The zero-order valence-electron chi connectivity index (χ0n) is 15.9. The molecule has 9 nitrogen and oxygen atoms in total. The standard InChI is InChI=1S/C12H12F2N2O2.C7H6N4O/c1-8(17)4-5-16-11-3-2-10(18-12(13)14)6-9(11)7-15-16;8-6(12)4-3-11-7-5(4)9-1-2-10-7/h2-3,6-7,12H,4-5H2,1H3;1-3H,(H2,8,12)(H,10,11). The number of fused-ring (bicyclic) bond motifs is 2. The van der Waals surface area contributed by atoms with Gasteiger partial charge in [0.1, 0.15) is 17.0 Å². The number of alkyl halides is 2. The van der Waals surface area contributed by atoms with Gasteiger partial charge in [-0.2, -0.15) is 13.9 Å². The van der Waals surface area contributed by atoms with Gasteiger partial charge in [0.2, 0.25) is 0 Å². The van der Waals surface area contributed by atoms with Crippen molar-refractivity contribution in [1.29, 1.82) is 0 Å². The molecule has 0 saturated carbocycles. The zero-order valence-corrected chi connectivity index (χ0v) is 15.9. The molecule has 0 radical (unpaired) electrons. The molecule has 3 aromatic heterocycles. The number of nitrogens with zero attached hydrogens (tertiary/aromatic N) is 4. The highest BCUT2D eigenvalue weighted by atomic mass is 19.3. The number of nitrogens with two attached hydrogens (primary N) is 1. The number of amides is 1. The Balaban J connectivity index is 0.000000184. The van der Waals surface area contributed by atoms with E-state index in [0.717, 1.165) is 5.52 Å². The minimum Gasteiger partial charge on any atom is -0.435 e. The lowest BCUT2D eigenvalue weighted by Gasteiger charge is -2.05. The summed E-state index contributed by atoms with van der Waals surface area (Å²) in [5.41, 5.74) is 7.35. The van der Waals surface area contributed by atoms with Gasteiger partial charge in [-0.3, -0.25) is 19.3 Å². The van der Waals surface area contributed by atoms with Crippen LogP contribution in [0.5, 0.6) is 5.75 Å². The number of primary amides is 1. The zero-order chi connectivity index (χ0) is 21.7. The largest absolute Gasteiger partial charge is 0.435 e. The van der Waals surface area contributed by atoms with Crippen LogP contribution >= 0.6 is 0 Å².